The number of rotatable bonds is 3. The van der Waals surface area contributed by atoms with Gasteiger partial charge in [-0.3, -0.25) is 0 Å². The largest absolute Gasteiger partial charge is 0.394 e. The van der Waals surface area contributed by atoms with Crippen LogP contribution in [0.1, 0.15) is 0 Å². The van der Waals surface area contributed by atoms with Gasteiger partial charge in [0.15, 0.2) is 5.82 Å². The Balaban J connectivity index is 2.19. The molecule has 0 saturated carbocycles. The van der Waals surface area contributed by atoms with E-state index in [1.165, 1.54) is 0 Å². The lowest BCUT2D eigenvalue weighted by atomic mass is 10.2. The van der Waals surface area contributed by atoms with E-state index in [-0.39, 0.29) is 10.6 Å². The summed E-state index contributed by atoms with van der Waals surface area (Å²) in [6, 6.07) is 4.97. The molecule has 0 aliphatic carbocycles. The molecule has 7 heteroatoms. The van der Waals surface area contributed by atoms with Crippen molar-refractivity contribution >= 4 is 23.3 Å². The highest BCUT2D eigenvalue weighted by molar-refractivity contribution is 8.00. The summed E-state index contributed by atoms with van der Waals surface area (Å²) >= 11 is 0.660. The minimum absolute atomic E-state index is 0.0534. The van der Waals surface area contributed by atoms with Gasteiger partial charge in [-0.05, 0) is 42.3 Å². The summed E-state index contributed by atoms with van der Waals surface area (Å²) < 4.78 is 55.1. The topological polar surface area (TPSA) is 38.0 Å². The highest BCUT2D eigenvalue weighted by Gasteiger charge is 2.12. The number of halogens is 4. The van der Waals surface area contributed by atoms with Crippen molar-refractivity contribution in [3.05, 3.63) is 53.6 Å². The Hall–Kier alpha value is -1.89. The summed E-state index contributed by atoms with van der Waals surface area (Å²) in [6.45, 7) is 0. The van der Waals surface area contributed by atoms with E-state index >= 15 is 0 Å². The maximum Gasteiger partial charge on any atom is 0.172 e. The summed E-state index contributed by atoms with van der Waals surface area (Å²) in [7, 11) is 0. The van der Waals surface area contributed by atoms with Gasteiger partial charge in [0.2, 0.25) is 0 Å². The highest BCUT2D eigenvalue weighted by Crippen LogP contribution is 2.29. The number of hydrogen-bond acceptors (Lipinski definition) is 3. The van der Waals surface area contributed by atoms with Crippen molar-refractivity contribution in [1.29, 1.82) is 0 Å². The Morgan fingerprint density at radius 3 is 2.37 bits per heavy atom. The van der Waals surface area contributed by atoms with Crippen LogP contribution in [0.4, 0.5) is 28.9 Å². The Morgan fingerprint density at radius 1 is 0.947 bits per heavy atom. The molecule has 2 nitrogen and oxygen atoms in total. The predicted octanol–water partition coefficient (Wildman–Crippen LogP) is 3.94. The van der Waals surface area contributed by atoms with Crippen LogP contribution in [0.2, 0.25) is 0 Å². The standard InChI is InChI=1S/C12H8F4N2S/c13-6-1-2-7(14)10(5-6)19-18-9-4-3-8(15)12(17)11(9)16/h1-5,18H,17H2. The van der Waals surface area contributed by atoms with Crippen molar-refractivity contribution in [3.63, 3.8) is 0 Å². The van der Waals surface area contributed by atoms with Gasteiger partial charge >= 0.3 is 0 Å². The average Bonchev–Trinajstić information content (AvgIpc) is 2.39. The summed E-state index contributed by atoms with van der Waals surface area (Å²) in [5, 5.41) is 0. The van der Waals surface area contributed by atoms with Gasteiger partial charge < -0.3 is 10.5 Å². The van der Waals surface area contributed by atoms with Crippen LogP contribution < -0.4 is 10.5 Å². The third-order valence-electron chi connectivity index (χ3n) is 2.29. The second-order valence-corrected chi connectivity index (χ2v) is 4.45. The summed E-state index contributed by atoms with van der Waals surface area (Å²) in [6.07, 6.45) is 0. The van der Waals surface area contributed by atoms with Crippen LogP contribution in [0.15, 0.2) is 35.2 Å². The first-order valence-electron chi connectivity index (χ1n) is 5.10. The lowest BCUT2D eigenvalue weighted by Crippen LogP contribution is -2.00. The third kappa shape index (κ3) is 2.93. The Kier molecular flexibility index (Phi) is 3.84. The molecule has 3 N–H and O–H groups in total. The van der Waals surface area contributed by atoms with E-state index in [9.17, 15) is 17.6 Å². The van der Waals surface area contributed by atoms with Crippen LogP contribution in [0.25, 0.3) is 0 Å². The number of anilines is 2. The van der Waals surface area contributed by atoms with Crippen LogP contribution in [-0.2, 0) is 0 Å². The highest BCUT2D eigenvalue weighted by atomic mass is 32.2. The van der Waals surface area contributed by atoms with Crippen LogP contribution in [0, 0.1) is 23.3 Å². The lowest BCUT2D eigenvalue weighted by molar-refractivity contribution is 0.577. The van der Waals surface area contributed by atoms with E-state index in [4.69, 9.17) is 5.73 Å². The molecule has 0 aromatic heterocycles. The van der Waals surface area contributed by atoms with E-state index in [0.29, 0.717) is 11.9 Å². The van der Waals surface area contributed by atoms with Gasteiger partial charge in [-0.25, -0.2) is 17.6 Å². The molecule has 0 unspecified atom stereocenters. The molecule has 0 radical (unpaired) electrons. The molecule has 0 atom stereocenters. The predicted molar refractivity (Wildman–Crippen MR) is 66.6 cm³/mol. The first-order valence-corrected chi connectivity index (χ1v) is 5.92. The first-order chi connectivity index (χ1) is 8.99. The maximum atomic E-state index is 13.5. The van der Waals surface area contributed by atoms with Gasteiger partial charge in [0.05, 0.1) is 10.6 Å². The molecule has 0 bridgehead atoms. The van der Waals surface area contributed by atoms with Crippen molar-refractivity contribution in [3.8, 4) is 0 Å². The van der Waals surface area contributed by atoms with Gasteiger partial charge in [0, 0.05) is 0 Å². The molecule has 100 valence electrons. The zero-order valence-corrected chi connectivity index (χ0v) is 10.2. The van der Waals surface area contributed by atoms with Gasteiger partial charge in [-0.15, -0.1) is 0 Å². The zero-order chi connectivity index (χ0) is 14.0. The number of nitrogens with one attached hydrogen (secondary N) is 1. The average molecular weight is 288 g/mol. The zero-order valence-electron chi connectivity index (χ0n) is 9.38. The van der Waals surface area contributed by atoms with Crippen molar-refractivity contribution < 1.29 is 17.6 Å². The molecule has 0 spiro atoms. The molecular formula is C12H8F4N2S. The smallest absolute Gasteiger partial charge is 0.172 e. The number of hydrogen-bond donors (Lipinski definition) is 2. The Morgan fingerprint density at radius 2 is 1.63 bits per heavy atom. The minimum atomic E-state index is -0.982. The maximum absolute atomic E-state index is 13.5. The van der Waals surface area contributed by atoms with E-state index in [1.807, 2.05) is 0 Å². The molecule has 2 aromatic rings. The minimum Gasteiger partial charge on any atom is -0.394 e. The molecule has 0 saturated heterocycles. The fourth-order valence-electron chi connectivity index (χ4n) is 1.31. The van der Waals surface area contributed by atoms with E-state index in [1.54, 1.807) is 0 Å². The lowest BCUT2D eigenvalue weighted by Gasteiger charge is -2.09. The van der Waals surface area contributed by atoms with Crippen molar-refractivity contribution in [2.24, 2.45) is 0 Å². The van der Waals surface area contributed by atoms with Gasteiger partial charge in [0.1, 0.15) is 23.1 Å². The molecule has 0 heterocycles. The number of benzene rings is 2. The first kappa shape index (κ1) is 13.5. The number of nitrogen functional groups attached to an aromatic ring is 1. The van der Waals surface area contributed by atoms with Gasteiger partial charge in [-0.1, -0.05) is 0 Å². The summed E-state index contributed by atoms with van der Waals surface area (Å²) in [4.78, 5) is -0.0534. The van der Waals surface area contributed by atoms with E-state index in [0.717, 1.165) is 30.3 Å². The fourth-order valence-corrected chi connectivity index (χ4v) is 2.03. The molecule has 0 amide bonds. The van der Waals surface area contributed by atoms with Crippen LogP contribution in [-0.4, -0.2) is 0 Å². The van der Waals surface area contributed by atoms with Crippen LogP contribution >= 0.6 is 11.9 Å². The second-order valence-electron chi connectivity index (χ2n) is 3.60. The molecule has 2 aromatic carbocycles. The van der Waals surface area contributed by atoms with E-state index < -0.39 is 29.0 Å². The molecule has 2 rings (SSSR count). The normalized spacial score (nSPS) is 10.5. The molecule has 0 fully saturated rings. The van der Waals surface area contributed by atoms with Gasteiger partial charge in [0.25, 0.3) is 0 Å². The van der Waals surface area contributed by atoms with Crippen LogP contribution in [0.5, 0.6) is 0 Å². The van der Waals surface area contributed by atoms with Crippen molar-refractivity contribution in [2.45, 2.75) is 4.90 Å². The monoisotopic (exact) mass is 288 g/mol. The van der Waals surface area contributed by atoms with E-state index in [2.05, 4.69) is 4.72 Å². The van der Waals surface area contributed by atoms with Crippen molar-refractivity contribution in [2.75, 3.05) is 10.5 Å². The third-order valence-corrected chi connectivity index (χ3v) is 3.15. The van der Waals surface area contributed by atoms with Crippen molar-refractivity contribution in [1.82, 2.24) is 0 Å². The second kappa shape index (κ2) is 5.40. The van der Waals surface area contributed by atoms with Crippen LogP contribution in [0.3, 0.4) is 0 Å². The molecule has 0 aliphatic heterocycles. The Bertz CT molecular complexity index is 619. The fraction of sp³-hybridized carbons (Fsp3) is 0. The summed E-state index contributed by atoms with van der Waals surface area (Å²) in [5.41, 5.74) is 4.42. The molecule has 0 aliphatic rings. The molecule has 19 heavy (non-hydrogen) atoms. The van der Waals surface area contributed by atoms with Gasteiger partial charge in [-0.2, -0.15) is 0 Å². The Labute approximate surface area is 110 Å². The number of nitrogens with two attached hydrogens (primary N) is 1. The summed E-state index contributed by atoms with van der Waals surface area (Å²) in [5.74, 6) is -3.14. The molecular weight excluding hydrogens is 280 g/mol. The SMILES string of the molecule is Nc1c(F)ccc(NSc2cc(F)ccc2F)c1F. The quantitative estimate of drug-likeness (QED) is 0.510.